The maximum Gasteiger partial charge on any atom is 0.410 e. The molecule has 0 N–H and O–H groups in total. The number of ether oxygens (including phenoxy) is 1. The molecule has 106 valence electrons. The van der Waals surface area contributed by atoms with Gasteiger partial charge in [0, 0.05) is 18.9 Å². The predicted molar refractivity (Wildman–Crippen MR) is 72.7 cm³/mol. The largest absolute Gasteiger partial charge is 0.444 e. The van der Waals surface area contributed by atoms with E-state index in [0.29, 0.717) is 5.92 Å². The number of likely N-dealkylation sites (tertiary alicyclic amines) is 1. The molecule has 0 bridgehead atoms. The van der Waals surface area contributed by atoms with E-state index in [-0.39, 0.29) is 12.1 Å². The number of carbonyl (C=O) groups is 1. The molecule has 0 spiro atoms. The Kier molecular flexibility index (Phi) is 3.83. The van der Waals surface area contributed by atoms with Gasteiger partial charge in [0.25, 0.3) is 0 Å². The van der Waals surface area contributed by atoms with E-state index < -0.39 is 5.60 Å². The lowest BCUT2D eigenvalue weighted by Crippen LogP contribution is -2.41. The summed E-state index contributed by atoms with van der Waals surface area (Å²) in [5.41, 5.74) is -0.445. The van der Waals surface area contributed by atoms with Crippen LogP contribution >= 0.6 is 0 Å². The number of hydrogen-bond donors (Lipinski definition) is 0. The van der Waals surface area contributed by atoms with Crippen LogP contribution in [0.15, 0.2) is 18.5 Å². The van der Waals surface area contributed by atoms with Crippen LogP contribution in [0.1, 0.15) is 34.1 Å². The molecule has 1 aromatic heterocycles. The van der Waals surface area contributed by atoms with Crippen LogP contribution in [0, 0.1) is 5.92 Å². The summed E-state index contributed by atoms with van der Waals surface area (Å²) in [6.07, 6.45) is 4.47. The van der Waals surface area contributed by atoms with Crippen molar-refractivity contribution in [2.75, 3.05) is 6.54 Å². The molecular weight excluding hydrogens is 242 g/mol. The number of hydrogen-bond acceptors (Lipinski definition) is 3. The normalized spacial score (nSPS) is 23.7. The van der Waals surface area contributed by atoms with Crippen LogP contribution in [0.4, 0.5) is 4.79 Å². The number of nitrogens with zero attached hydrogens (tertiary/aromatic N) is 3. The monoisotopic (exact) mass is 265 g/mol. The van der Waals surface area contributed by atoms with Crippen molar-refractivity contribution in [3.05, 3.63) is 18.5 Å². The maximum absolute atomic E-state index is 12.2. The van der Waals surface area contributed by atoms with Crippen molar-refractivity contribution in [3.8, 4) is 0 Å². The molecule has 0 saturated carbocycles. The van der Waals surface area contributed by atoms with E-state index in [1.165, 1.54) is 0 Å². The molecule has 2 atom stereocenters. The van der Waals surface area contributed by atoms with Gasteiger partial charge in [0.2, 0.25) is 0 Å². The molecule has 1 aliphatic rings. The van der Waals surface area contributed by atoms with E-state index >= 15 is 0 Å². The molecule has 1 saturated heterocycles. The van der Waals surface area contributed by atoms with Gasteiger partial charge < -0.3 is 9.64 Å². The Hall–Kier alpha value is -1.52. The van der Waals surface area contributed by atoms with E-state index in [9.17, 15) is 4.79 Å². The fraction of sp³-hybridized carbons (Fsp3) is 0.714. The molecule has 5 heteroatoms. The summed E-state index contributed by atoms with van der Waals surface area (Å²) in [6.45, 7) is 9.35. The van der Waals surface area contributed by atoms with Crippen molar-refractivity contribution in [1.29, 1.82) is 0 Å². The van der Waals surface area contributed by atoms with E-state index in [2.05, 4.69) is 12.0 Å². The van der Waals surface area contributed by atoms with Crippen molar-refractivity contribution in [1.82, 2.24) is 14.7 Å². The zero-order valence-electron chi connectivity index (χ0n) is 12.2. The first kappa shape index (κ1) is 13.9. The minimum absolute atomic E-state index is 0.171. The minimum Gasteiger partial charge on any atom is -0.444 e. The van der Waals surface area contributed by atoms with E-state index in [0.717, 1.165) is 19.5 Å². The lowest BCUT2D eigenvalue weighted by Gasteiger charge is -2.28. The van der Waals surface area contributed by atoms with E-state index in [1.807, 2.05) is 42.6 Å². The lowest BCUT2D eigenvalue weighted by atomic mass is 10.1. The Morgan fingerprint density at radius 3 is 2.79 bits per heavy atom. The Bertz CT molecular complexity index is 422. The predicted octanol–water partition coefficient (Wildman–Crippen LogP) is 2.53. The smallest absolute Gasteiger partial charge is 0.410 e. The van der Waals surface area contributed by atoms with Gasteiger partial charge in [-0.25, -0.2) is 4.79 Å². The van der Waals surface area contributed by atoms with Gasteiger partial charge in [-0.3, -0.25) is 4.68 Å². The molecule has 0 unspecified atom stereocenters. The zero-order chi connectivity index (χ0) is 14.0. The van der Waals surface area contributed by atoms with Crippen LogP contribution in [-0.2, 0) is 11.3 Å². The molecule has 5 nitrogen and oxygen atoms in total. The summed E-state index contributed by atoms with van der Waals surface area (Å²) in [7, 11) is 0. The maximum atomic E-state index is 12.2. The van der Waals surface area contributed by atoms with Crippen molar-refractivity contribution in [3.63, 3.8) is 0 Å². The number of aromatic nitrogens is 2. The summed E-state index contributed by atoms with van der Waals surface area (Å²) >= 11 is 0. The second-order valence-corrected chi connectivity index (χ2v) is 6.36. The molecule has 1 amide bonds. The van der Waals surface area contributed by atoms with Crippen LogP contribution in [0.3, 0.4) is 0 Å². The number of carbonyl (C=O) groups excluding carboxylic acids is 1. The Balaban J connectivity index is 2.03. The summed E-state index contributed by atoms with van der Waals surface area (Å²) in [5, 5.41) is 4.21. The molecule has 19 heavy (non-hydrogen) atoms. The van der Waals surface area contributed by atoms with Crippen molar-refractivity contribution in [2.45, 2.75) is 52.3 Å². The minimum atomic E-state index is -0.445. The SMILES string of the molecule is C[C@H]1C[C@H](Cn2cccn2)N(C(=O)OC(C)(C)C)C1. The second kappa shape index (κ2) is 5.23. The Morgan fingerprint density at radius 1 is 1.47 bits per heavy atom. The topological polar surface area (TPSA) is 47.4 Å². The van der Waals surface area contributed by atoms with Gasteiger partial charge in [0.1, 0.15) is 5.60 Å². The highest BCUT2D eigenvalue weighted by atomic mass is 16.6. The molecule has 0 radical (unpaired) electrons. The highest BCUT2D eigenvalue weighted by Gasteiger charge is 2.35. The quantitative estimate of drug-likeness (QED) is 0.825. The van der Waals surface area contributed by atoms with E-state index in [4.69, 9.17) is 4.74 Å². The fourth-order valence-corrected chi connectivity index (χ4v) is 2.49. The van der Waals surface area contributed by atoms with Gasteiger partial charge in [-0.1, -0.05) is 6.92 Å². The standard InChI is InChI=1S/C14H23N3O2/c1-11-8-12(10-16-7-5-6-15-16)17(9-11)13(18)19-14(2,3)4/h5-7,11-12H,8-10H2,1-4H3/t11-,12+/m0/s1. The molecule has 1 fully saturated rings. The first-order valence-electron chi connectivity index (χ1n) is 6.82. The summed E-state index contributed by atoms with van der Waals surface area (Å²) in [4.78, 5) is 14.1. The third-order valence-corrected chi connectivity index (χ3v) is 3.21. The van der Waals surface area contributed by atoms with Gasteiger partial charge in [-0.15, -0.1) is 0 Å². The first-order chi connectivity index (χ1) is 8.85. The van der Waals surface area contributed by atoms with Crippen LogP contribution in [-0.4, -0.2) is 39.0 Å². The molecule has 0 aromatic carbocycles. The average molecular weight is 265 g/mol. The lowest BCUT2D eigenvalue weighted by molar-refractivity contribution is 0.0208. The molecule has 2 heterocycles. The van der Waals surface area contributed by atoms with Crippen molar-refractivity contribution >= 4 is 6.09 Å². The number of rotatable bonds is 2. The Morgan fingerprint density at radius 2 is 2.21 bits per heavy atom. The van der Waals surface area contributed by atoms with E-state index in [1.54, 1.807) is 6.20 Å². The third kappa shape index (κ3) is 3.72. The fourth-order valence-electron chi connectivity index (χ4n) is 2.49. The molecule has 1 aromatic rings. The summed E-state index contributed by atoms with van der Waals surface area (Å²) in [6, 6.07) is 2.07. The highest BCUT2D eigenvalue weighted by molar-refractivity contribution is 5.69. The van der Waals surface area contributed by atoms with Crippen LogP contribution in [0.2, 0.25) is 0 Å². The van der Waals surface area contributed by atoms with Crippen LogP contribution in [0.5, 0.6) is 0 Å². The van der Waals surface area contributed by atoms with Crippen molar-refractivity contribution in [2.24, 2.45) is 5.92 Å². The van der Waals surface area contributed by atoms with Gasteiger partial charge in [-0.2, -0.15) is 5.10 Å². The van der Waals surface area contributed by atoms with Gasteiger partial charge in [0.15, 0.2) is 0 Å². The Labute approximate surface area is 114 Å². The second-order valence-electron chi connectivity index (χ2n) is 6.36. The zero-order valence-corrected chi connectivity index (χ0v) is 12.2. The van der Waals surface area contributed by atoms with Gasteiger partial charge >= 0.3 is 6.09 Å². The number of amides is 1. The van der Waals surface area contributed by atoms with Gasteiger partial charge in [0.05, 0.1) is 12.6 Å². The molecule has 1 aliphatic heterocycles. The molecule has 0 aliphatic carbocycles. The van der Waals surface area contributed by atoms with Crippen LogP contribution < -0.4 is 0 Å². The summed E-state index contributed by atoms with van der Waals surface area (Å²) < 4.78 is 7.35. The molecule has 2 rings (SSSR count). The summed E-state index contributed by atoms with van der Waals surface area (Å²) in [5.74, 6) is 0.507. The average Bonchev–Trinajstić information content (AvgIpc) is 2.86. The van der Waals surface area contributed by atoms with Gasteiger partial charge in [-0.05, 0) is 39.2 Å². The highest BCUT2D eigenvalue weighted by Crippen LogP contribution is 2.26. The molecular formula is C14H23N3O2. The van der Waals surface area contributed by atoms with Crippen LogP contribution in [0.25, 0.3) is 0 Å². The first-order valence-corrected chi connectivity index (χ1v) is 6.82. The van der Waals surface area contributed by atoms with Crippen molar-refractivity contribution < 1.29 is 9.53 Å². The third-order valence-electron chi connectivity index (χ3n) is 3.21.